The summed E-state index contributed by atoms with van der Waals surface area (Å²) >= 11 is 0. The van der Waals surface area contributed by atoms with Gasteiger partial charge in [0.1, 0.15) is 0 Å². The fraction of sp³-hybridized carbons (Fsp3) is 0.263. The number of para-hydroxylation sites is 1. The van der Waals surface area contributed by atoms with Gasteiger partial charge in [0.15, 0.2) is 11.5 Å². The molecule has 8 heteroatoms. The molecule has 0 fully saturated rings. The van der Waals surface area contributed by atoms with Crippen LogP contribution in [0.15, 0.2) is 42.5 Å². The minimum atomic E-state index is -3.14. The molecule has 0 spiro atoms. The molecule has 1 aliphatic heterocycles. The highest BCUT2D eigenvalue weighted by Crippen LogP contribution is 2.35. The first-order valence-electron chi connectivity index (χ1n) is 8.14. The van der Waals surface area contributed by atoms with Gasteiger partial charge < -0.3 is 19.5 Å². The van der Waals surface area contributed by atoms with Crippen LogP contribution in [0.5, 0.6) is 11.5 Å². The van der Waals surface area contributed by atoms with Crippen LogP contribution in [-0.2, 0) is 11.3 Å². The Morgan fingerprint density at radius 3 is 2.59 bits per heavy atom. The third kappa shape index (κ3) is 3.69. The number of ether oxygens (including phenoxy) is 2. The molecule has 0 aromatic heterocycles. The molecule has 0 bridgehead atoms. The van der Waals surface area contributed by atoms with E-state index in [1.807, 2.05) is 0 Å². The SMILES string of the molecule is COc1cccc(C(=O)N2Cc3ccccc3C(C(=O)O)C2)c1OC(F)F. The van der Waals surface area contributed by atoms with Gasteiger partial charge in [-0.25, -0.2) is 0 Å². The van der Waals surface area contributed by atoms with Crippen LogP contribution in [0.1, 0.15) is 27.4 Å². The van der Waals surface area contributed by atoms with Crippen molar-refractivity contribution in [3.05, 3.63) is 59.2 Å². The lowest BCUT2D eigenvalue weighted by Gasteiger charge is -2.33. The van der Waals surface area contributed by atoms with Gasteiger partial charge in [-0.2, -0.15) is 8.78 Å². The van der Waals surface area contributed by atoms with Crippen molar-refractivity contribution in [2.75, 3.05) is 13.7 Å². The minimum absolute atomic E-state index is 0.00616. The number of halogens is 2. The number of nitrogens with zero attached hydrogens (tertiary/aromatic N) is 1. The monoisotopic (exact) mass is 377 g/mol. The Morgan fingerprint density at radius 1 is 1.19 bits per heavy atom. The van der Waals surface area contributed by atoms with Crippen LogP contribution < -0.4 is 9.47 Å². The van der Waals surface area contributed by atoms with Gasteiger partial charge in [-0.05, 0) is 23.3 Å². The quantitative estimate of drug-likeness (QED) is 0.867. The van der Waals surface area contributed by atoms with Gasteiger partial charge in [0.2, 0.25) is 0 Å². The van der Waals surface area contributed by atoms with Crippen molar-refractivity contribution in [1.82, 2.24) is 4.90 Å². The maximum absolute atomic E-state index is 13.0. The van der Waals surface area contributed by atoms with E-state index in [1.54, 1.807) is 24.3 Å². The molecule has 1 aliphatic rings. The summed E-state index contributed by atoms with van der Waals surface area (Å²) in [6.45, 7) is -3.04. The number of carboxylic acid groups (broad SMARTS) is 1. The summed E-state index contributed by atoms with van der Waals surface area (Å²) in [6.07, 6.45) is 0. The Kier molecular flexibility index (Phi) is 5.25. The van der Waals surface area contributed by atoms with E-state index in [1.165, 1.54) is 30.2 Å². The summed E-state index contributed by atoms with van der Waals surface area (Å²) in [5, 5.41) is 9.53. The summed E-state index contributed by atoms with van der Waals surface area (Å²) in [4.78, 5) is 26.0. The molecule has 0 aliphatic carbocycles. The van der Waals surface area contributed by atoms with E-state index >= 15 is 0 Å². The van der Waals surface area contributed by atoms with E-state index in [4.69, 9.17) is 4.74 Å². The van der Waals surface area contributed by atoms with Gasteiger partial charge in [-0.1, -0.05) is 30.3 Å². The third-order valence-electron chi connectivity index (χ3n) is 4.42. The first-order valence-corrected chi connectivity index (χ1v) is 8.14. The predicted molar refractivity (Wildman–Crippen MR) is 91.2 cm³/mol. The summed E-state index contributed by atoms with van der Waals surface area (Å²) in [6, 6.07) is 11.2. The molecule has 0 saturated carbocycles. The molecule has 1 amide bonds. The number of amides is 1. The van der Waals surface area contributed by atoms with Crippen LogP contribution in [0.2, 0.25) is 0 Å². The number of benzene rings is 2. The maximum Gasteiger partial charge on any atom is 0.387 e. The number of methoxy groups -OCH3 is 1. The van der Waals surface area contributed by atoms with E-state index in [0.29, 0.717) is 11.1 Å². The number of carbonyl (C=O) groups is 2. The van der Waals surface area contributed by atoms with E-state index < -0.39 is 24.4 Å². The lowest BCUT2D eigenvalue weighted by atomic mass is 9.89. The number of hydrogen-bond donors (Lipinski definition) is 1. The lowest BCUT2D eigenvalue weighted by molar-refractivity contribution is -0.139. The van der Waals surface area contributed by atoms with E-state index in [9.17, 15) is 23.5 Å². The number of aliphatic carboxylic acids is 1. The molecular formula is C19H17F2NO5. The Labute approximate surface area is 153 Å². The number of alkyl halides is 2. The fourth-order valence-corrected chi connectivity index (χ4v) is 3.20. The number of rotatable bonds is 5. The molecule has 3 rings (SSSR count). The summed E-state index contributed by atoms with van der Waals surface area (Å²) in [7, 11) is 1.28. The van der Waals surface area contributed by atoms with Gasteiger partial charge in [0.05, 0.1) is 18.6 Å². The highest BCUT2D eigenvalue weighted by molar-refractivity contribution is 5.98. The second kappa shape index (κ2) is 7.61. The number of carbonyl (C=O) groups excluding carboxylic acids is 1. The number of hydrogen-bond acceptors (Lipinski definition) is 4. The molecular weight excluding hydrogens is 360 g/mol. The van der Waals surface area contributed by atoms with Gasteiger partial charge >= 0.3 is 12.6 Å². The van der Waals surface area contributed by atoms with E-state index in [2.05, 4.69) is 4.74 Å². The topological polar surface area (TPSA) is 76.1 Å². The summed E-state index contributed by atoms with van der Waals surface area (Å²) in [5.41, 5.74) is 1.23. The van der Waals surface area contributed by atoms with E-state index in [-0.39, 0.29) is 30.2 Å². The first kappa shape index (κ1) is 18.6. The molecule has 0 radical (unpaired) electrons. The van der Waals surface area contributed by atoms with Crippen molar-refractivity contribution in [3.8, 4) is 11.5 Å². The number of carboxylic acids is 1. The zero-order valence-corrected chi connectivity index (χ0v) is 14.4. The second-order valence-electron chi connectivity index (χ2n) is 5.99. The van der Waals surface area contributed by atoms with Crippen LogP contribution in [0.25, 0.3) is 0 Å². The number of fused-ring (bicyclic) bond motifs is 1. The Balaban J connectivity index is 1.98. The molecule has 27 heavy (non-hydrogen) atoms. The lowest BCUT2D eigenvalue weighted by Crippen LogP contribution is -2.40. The molecule has 2 aromatic carbocycles. The van der Waals surface area contributed by atoms with Crippen molar-refractivity contribution < 1.29 is 33.0 Å². The van der Waals surface area contributed by atoms with Gasteiger partial charge in [0, 0.05) is 13.1 Å². The van der Waals surface area contributed by atoms with Crippen molar-refractivity contribution >= 4 is 11.9 Å². The molecule has 1 atom stereocenters. The van der Waals surface area contributed by atoms with Crippen molar-refractivity contribution in [1.29, 1.82) is 0 Å². The van der Waals surface area contributed by atoms with Crippen LogP contribution in [0.4, 0.5) is 8.78 Å². The van der Waals surface area contributed by atoms with Crippen LogP contribution in [-0.4, -0.2) is 42.1 Å². The normalized spacial score (nSPS) is 16.0. The molecule has 1 heterocycles. The van der Waals surface area contributed by atoms with Gasteiger partial charge in [-0.15, -0.1) is 0 Å². The first-order chi connectivity index (χ1) is 12.9. The van der Waals surface area contributed by atoms with E-state index in [0.717, 1.165) is 0 Å². The average molecular weight is 377 g/mol. The maximum atomic E-state index is 13.0. The van der Waals surface area contributed by atoms with Crippen molar-refractivity contribution in [3.63, 3.8) is 0 Å². The Hall–Kier alpha value is -3.16. The zero-order valence-electron chi connectivity index (χ0n) is 14.4. The zero-order chi connectivity index (χ0) is 19.6. The molecule has 1 N–H and O–H groups in total. The van der Waals surface area contributed by atoms with Crippen LogP contribution in [0, 0.1) is 0 Å². The summed E-state index contributed by atoms with van der Waals surface area (Å²) in [5.74, 6) is -2.94. The Bertz CT molecular complexity index is 871. The summed E-state index contributed by atoms with van der Waals surface area (Å²) < 4.78 is 35.1. The third-order valence-corrected chi connectivity index (χ3v) is 4.42. The largest absolute Gasteiger partial charge is 0.493 e. The molecule has 2 aromatic rings. The highest BCUT2D eigenvalue weighted by Gasteiger charge is 2.34. The molecule has 0 saturated heterocycles. The minimum Gasteiger partial charge on any atom is -0.493 e. The van der Waals surface area contributed by atoms with Gasteiger partial charge in [-0.3, -0.25) is 9.59 Å². The fourth-order valence-electron chi connectivity index (χ4n) is 3.20. The van der Waals surface area contributed by atoms with Crippen molar-refractivity contribution in [2.24, 2.45) is 0 Å². The predicted octanol–water partition coefficient (Wildman–Crippen LogP) is 3.12. The van der Waals surface area contributed by atoms with Crippen LogP contribution >= 0.6 is 0 Å². The highest BCUT2D eigenvalue weighted by atomic mass is 19.3. The van der Waals surface area contributed by atoms with Gasteiger partial charge in [0.25, 0.3) is 5.91 Å². The van der Waals surface area contributed by atoms with Crippen LogP contribution in [0.3, 0.4) is 0 Å². The standard InChI is InChI=1S/C19H17F2NO5/c1-26-15-8-4-7-13(16(15)27-19(20)21)17(23)22-9-11-5-2-3-6-12(11)14(10-22)18(24)25/h2-8,14,19H,9-10H2,1H3,(H,24,25). The molecule has 6 nitrogen and oxygen atoms in total. The molecule has 142 valence electrons. The average Bonchev–Trinajstić information content (AvgIpc) is 2.66. The molecule has 1 unspecified atom stereocenters. The smallest absolute Gasteiger partial charge is 0.387 e. The van der Waals surface area contributed by atoms with Crippen molar-refractivity contribution in [2.45, 2.75) is 19.1 Å². The Morgan fingerprint density at radius 2 is 1.93 bits per heavy atom. The second-order valence-corrected chi connectivity index (χ2v) is 5.99.